The fraction of sp³-hybridized carbons (Fsp3) is 0.429. The number of hydrogen-bond donors (Lipinski definition) is 0. The molecule has 1 amide bonds. The van der Waals surface area contributed by atoms with Crippen molar-refractivity contribution in [2.75, 3.05) is 6.54 Å². The summed E-state index contributed by atoms with van der Waals surface area (Å²) in [4.78, 5) is 13.7. The predicted octanol–water partition coefficient (Wildman–Crippen LogP) is 1.77. The molecule has 0 spiro atoms. The van der Waals surface area contributed by atoms with E-state index in [1.807, 2.05) is 13.8 Å². The normalized spacial score (nSPS) is 22.0. The van der Waals surface area contributed by atoms with Crippen LogP contribution < -0.4 is 0 Å². The molecule has 1 heterocycles. The minimum Gasteiger partial charge on any atom is -0.293 e. The Hall–Kier alpha value is -0.350. The van der Waals surface area contributed by atoms with Crippen LogP contribution in [0.25, 0.3) is 0 Å². The lowest BCUT2D eigenvalue weighted by Crippen LogP contribution is -2.27. The van der Waals surface area contributed by atoms with Gasteiger partial charge in [0.1, 0.15) is 4.32 Å². The van der Waals surface area contributed by atoms with Gasteiger partial charge in [0.25, 0.3) is 5.91 Å². The molecule has 1 saturated heterocycles. The summed E-state index contributed by atoms with van der Waals surface area (Å²) in [6.07, 6.45) is 1.80. The van der Waals surface area contributed by atoms with E-state index in [1.54, 1.807) is 11.0 Å². The highest BCUT2D eigenvalue weighted by Crippen LogP contribution is 2.29. The summed E-state index contributed by atoms with van der Waals surface area (Å²) in [6.45, 7) is 4.44. The third kappa shape index (κ3) is 1.46. The second-order valence-corrected chi connectivity index (χ2v) is 3.75. The first-order chi connectivity index (χ1) is 5.20. The quantitative estimate of drug-likeness (QED) is 0.461. The zero-order valence-corrected chi connectivity index (χ0v) is 8.09. The van der Waals surface area contributed by atoms with Crippen LogP contribution in [0.4, 0.5) is 0 Å². The molecule has 1 fully saturated rings. The van der Waals surface area contributed by atoms with Crippen LogP contribution in [0.2, 0.25) is 0 Å². The first-order valence-corrected chi connectivity index (χ1v) is 4.63. The molecule has 0 N–H and O–H groups in total. The predicted molar refractivity (Wildman–Crippen MR) is 51.3 cm³/mol. The number of carbonyl (C=O) groups is 1. The summed E-state index contributed by atoms with van der Waals surface area (Å²) >= 11 is 6.36. The molecular weight excluding hydrogens is 178 g/mol. The van der Waals surface area contributed by atoms with Gasteiger partial charge in [-0.1, -0.05) is 30.1 Å². The summed E-state index contributed by atoms with van der Waals surface area (Å²) < 4.78 is 0.672. The van der Waals surface area contributed by atoms with Gasteiger partial charge in [-0.15, -0.1) is 0 Å². The number of hydrogen-bond acceptors (Lipinski definition) is 3. The van der Waals surface area contributed by atoms with Gasteiger partial charge in [0.05, 0.1) is 4.91 Å². The van der Waals surface area contributed by atoms with Crippen LogP contribution in [0.1, 0.15) is 13.8 Å². The fourth-order valence-electron chi connectivity index (χ4n) is 0.864. The third-order valence-corrected chi connectivity index (χ3v) is 2.95. The van der Waals surface area contributed by atoms with E-state index in [0.29, 0.717) is 10.9 Å². The molecule has 0 aliphatic carbocycles. The van der Waals surface area contributed by atoms with Crippen LogP contribution in [0.15, 0.2) is 11.0 Å². The minimum absolute atomic E-state index is 0.0463. The van der Waals surface area contributed by atoms with E-state index in [9.17, 15) is 4.79 Å². The van der Waals surface area contributed by atoms with Crippen molar-refractivity contribution in [1.29, 1.82) is 0 Å². The Morgan fingerprint density at radius 1 is 1.73 bits per heavy atom. The maximum Gasteiger partial charge on any atom is 0.265 e. The van der Waals surface area contributed by atoms with E-state index in [0.717, 1.165) is 4.91 Å². The highest BCUT2D eigenvalue weighted by molar-refractivity contribution is 8.26. The lowest BCUT2D eigenvalue weighted by atomic mass is 10.4. The van der Waals surface area contributed by atoms with E-state index < -0.39 is 0 Å². The molecule has 0 saturated carbocycles. The van der Waals surface area contributed by atoms with E-state index in [1.165, 1.54) is 11.8 Å². The summed E-state index contributed by atoms with van der Waals surface area (Å²) in [5.74, 6) is 0.0463. The van der Waals surface area contributed by atoms with Gasteiger partial charge in [0.15, 0.2) is 0 Å². The van der Waals surface area contributed by atoms with Crippen molar-refractivity contribution in [2.45, 2.75) is 13.8 Å². The molecule has 0 unspecified atom stereocenters. The van der Waals surface area contributed by atoms with Crippen LogP contribution in [-0.4, -0.2) is 21.7 Å². The van der Waals surface area contributed by atoms with Gasteiger partial charge in [0, 0.05) is 6.54 Å². The molecule has 0 bridgehead atoms. The van der Waals surface area contributed by atoms with E-state index >= 15 is 0 Å². The van der Waals surface area contributed by atoms with Crippen molar-refractivity contribution in [3.05, 3.63) is 11.0 Å². The summed E-state index contributed by atoms with van der Waals surface area (Å²) in [7, 11) is 0. The average Bonchev–Trinajstić information content (AvgIpc) is 2.26. The van der Waals surface area contributed by atoms with E-state index in [2.05, 4.69) is 0 Å². The Kier molecular flexibility index (Phi) is 2.67. The van der Waals surface area contributed by atoms with Crippen LogP contribution in [0, 0.1) is 0 Å². The molecule has 1 rings (SSSR count). The molecule has 0 radical (unpaired) electrons. The molecule has 0 aromatic heterocycles. The highest BCUT2D eigenvalue weighted by atomic mass is 32.2. The Labute approximate surface area is 75.6 Å². The van der Waals surface area contributed by atoms with Gasteiger partial charge in [0.2, 0.25) is 0 Å². The van der Waals surface area contributed by atoms with E-state index in [-0.39, 0.29) is 5.91 Å². The zero-order chi connectivity index (χ0) is 8.43. The Morgan fingerprint density at radius 2 is 2.36 bits per heavy atom. The van der Waals surface area contributed by atoms with Crippen LogP contribution >= 0.6 is 24.0 Å². The van der Waals surface area contributed by atoms with Crippen molar-refractivity contribution in [1.82, 2.24) is 4.90 Å². The van der Waals surface area contributed by atoms with Crippen molar-refractivity contribution < 1.29 is 4.79 Å². The van der Waals surface area contributed by atoms with Gasteiger partial charge < -0.3 is 0 Å². The number of thiocarbonyl (C=S) groups is 1. The van der Waals surface area contributed by atoms with Gasteiger partial charge in [-0.25, -0.2) is 0 Å². The molecule has 60 valence electrons. The van der Waals surface area contributed by atoms with Crippen molar-refractivity contribution in [3.63, 3.8) is 0 Å². The first kappa shape index (κ1) is 8.74. The van der Waals surface area contributed by atoms with Crippen LogP contribution in [0.5, 0.6) is 0 Å². The number of allylic oxidation sites excluding steroid dienone is 1. The molecule has 1 aliphatic rings. The van der Waals surface area contributed by atoms with E-state index in [4.69, 9.17) is 12.2 Å². The Balaban J connectivity index is 2.88. The van der Waals surface area contributed by atoms with Gasteiger partial charge >= 0.3 is 0 Å². The molecule has 0 aromatic carbocycles. The van der Waals surface area contributed by atoms with Crippen molar-refractivity contribution in [2.24, 2.45) is 0 Å². The van der Waals surface area contributed by atoms with Crippen LogP contribution in [0.3, 0.4) is 0 Å². The largest absolute Gasteiger partial charge is 0.293 e. The number of amides is 1. The number of carbonyl (C=O) groups excluding carboxylic acids is 1. The fourth-order valence-corrected chi connectivity index (χ4v) is 2.17. The standard InChI is InChI=1S/C7H9NOS2/c1-3-5-6(9)8(4-2)7(10)11-5/h3H,4H2,1-2H3. The second-order valence-electron chi connectivity index (χ2n) is 2.07. The molecule has 0 atom stereocenters. The van der Waals surface area contributed by atoms with Crippen molar-refractivity contribution in [3.8, 4) is 0 Å². The van der Waals surface area contributed by atoms with Gasteiger partial charge in [-0.3, -0.25) is 9.69 Å². The van der Waals surface area contributed by atoms with Crippen LogP contribution in [-0.2, 0) is 4.79 Å². The van der Waals surface area contributed by atoms with Gasteiger partial charge in [-0.2, -0.15) is 0 Å². The minimum atomic E-state index is 0.0463. The van der Waals surface area contributed by atoms with Crippen molar-refractivity contribution >= 4 is 34.2 Å². The smallest absolute Gasteiger partial charge is 0.265 e. The third-order valence-electron chi connectivity index (χ3n) is 1.45. The molecule has 2 nitrogen and oxygen atoms in total. The monoisotopic (exact) mass is 187 g/mol. The topological polar surface area (TPSA) is 20.3 Å². The highest BCUT2D eigenvalue weighted by Gasteiger charge is 2.29. The Morgan fingerprint density at radius 3 is 2.64 bits per heavy atom. The molecular formula is C7H9NOS2. The summed E-state index contributed by atoms with van der Waals surface area (Å²) in [6, 6.07) is 0. The number of likely N-dealkylation sites (N-methyl/N-ethyl adjacent to an activating group) is 1. The SMILES string of the molecule is CC=C1SC(=S)N(CC)C1=O. The Bertz CT molecular complexity index is 235. The molecule has 4 heteroatoms. The summed E-state index contributed by atoms with van der Waals surface area (Å²) in [5.41, 5.74) is 0. The lowest BCUT2D eigenvalue weighted by molar-refractivity contribution is -0.122. The zero-order valence-electron chi connectivity index (χ0n) is 6.46. The second kappa shape index (κ2) is 3.36. The molecule has 11 heavy (non-hydrogen) atoms. The number of thioether (sulfide) groups is 1. The first-order valence-electron chi connectivity index (χ1n) is 3.40. The maximum atomic E-state index is 11.3. The molecule has 1 aliphatic heterocycles. The number of nitrogens with zero attached hydrogens (tertiary/aromatic N) is 1. The number of rotatable bonds is 1. The molecule has 0 aromatic rings. The van der Waals surface area contributed by atoms with Gasteiger partial charge in [-0.05, 0) is 13.8 Å². The summed E-state index contributed by atoms with van der Waals surface area (Å²) in [5, 5.41) is 0. The lowest BCUT2D eigenvalue weighted by Gasteiger charge is -2.09. The maximum absolute atomic E-state index is 11.3. The average molecular weight is 187 g/mol.